The van der Waals surface area contributed by atoms with Gasteiger partial charge in [-0.15, -0.1) is 10.2 Å². The highest BCUT2D eigenvalue weighted by atomic mass is 16.4. The van der Waals surface area contributed by atoms with Crippen molar-refractivity contribution in [1.82, 2.24) is 24.6 Å². The van der Waals surface area contributed by atoms with E-state index in [0.717, 1.165) is 24.4 Å². The van der Waals surface area contributed by atoms with Gasteiger partial charge in [-0.2, -0.15) is 0 Å². The molecule has 114 valence electrons. The standard InChI is InChI=1S/C16H19N5O/c1-20(10-8-14-17-9-11-21(14)2)12-15-18-19-16(22-15)13-6-4-3-5-7-13/h3-7,9,11H,8,10,12H2,1-2H3. The minimum atomic E-state index is 0.563. The molecule has 2 heterocycles. The van der Waals surface area contributed by atoms with Gasteiger partial charge >= 0.3 is 0 Å². The zero-order chi connectivity index (χ0) is 15.4. The highest BCUT2D eigenvalue weighted by Gasteiger charge is 2.11. The van der Waals surface area contributed by atoms with Gasteiger partial charge in [-0.1, -0.05) is 18.2 Å². The van der Waals surface area contributed by atoms with Crippen LogP contribution in [-0.2, 0) is 20.0 Å². The molecule has 0 atom stereocenters. The first-order valence-corrected chi connectivity index (χ1v) is 7.25. The second-order valence-electron chi connectivity index (χ2n) is 5.31. The molecule has 3 rings (SSSR count). The van der Waals surface area contributed by atoms with Gasteiger partial charge in [0.25, 0.3) is 0 Å². The van der Waals surface area contributed by atoms with Gasteiger partial charge in [0.05, 0.1) is 6.54 Å². The first kappa shape index (κ1) is 14.5. The molecule has 0 aliphatic rings. The van der Waals surface area contributed by atoms with Crippen molar-refractivity contribution in [3.8, 4) is 11.5 Å². The molecule has 0 N–H and O–H groups in total. The Hall–Kier alpha value is -2.47. The molecule has 2 aromatic heterocycles. The Bertz CT molecular complexity index is 719. The molecule has 0 radical (unpaired) electrons. The van der Waals surface area contributed by atoms with Crippen LogP contribution in [0.1, 0.15) is 11.7 Å². The van der Waals surface area contributed by atoms with E-state index in [1.807, 2.05) is 61.4 Å². The Morgan fingerprint density at radius 2 is 2.00 bits per heavy atom. The van der Waals surface area contributed by atoms with Crippen molar-refractivity contribution in [3.05, 3.63) is 54.4 Å². The van der Waals surface area contributed by atoms with E-state index >= 15 is 0 Å². The van der Waals surface area contributed by atoms with E-state index in [1.54, 1.807) is 0 Å². The van der Waals surface area contributed by atoms with Crippen LogP contribution in [0.25, 0.3) is 11.5 Å². The number of benzene rings is 1. The smallest absolute Gasteiger partial charge is 0.247 e. The van der Waals surface area contributed by atoms with Crippen molar-refractivity contribution in [3.63, 3.8) is 0 Å². The second-order valence-corrected chi connectivity index (χ2v) is 5.31. The van der Waals surface area contributed by atoms with Crippen LogP contribution >= 0.6 is 0 Å². The molecule has 6 nitrogen and oxygen atoms in total. The summed E-state index contributed by atoms with van der Waals surface area (Å²) in [4.78, 5) is 6.47. The SMILES string of the molecule is CN(CCc1nccn1C)Cc1nnc(-c2ccccc2)o1. The summed E-state index contributed by atoms with van der Waals surface area (Å²) in [6.07, 6.45) is 4.67. The summed E-state index contributed by atoms with van der Waals surface area (Å²) in [6.45, 7) is 1.51. The van der Waals surface area contributed by atoms with Crippen LogP contribution in [0.5, 0.6) is 0 Å². The molecule has 1 aromatic carbocycles. The number of nitrogens with zero attached hydrogens (tertiary/aromatic N) is 5. The van der Waals surface area contributed by atoms with Gasteiger partial charge in [-0.05, 0) is 19.2 Å². The zero-order valence-electron chi connectivity index (χ0n) is 12.8. The summed E-state index contributed by atoms with van der Waals surface area (Å²) in [5.41, 5.74) is 0.942. The summed E-state index contributed by atoms with van der Waals surface area (Å²) < 4.78 is 7.75. The number of imidazole rings is 1. The molecular formula is C16H19N5O. The molecule has 0 amide bonds. The van der Waals surface area contributed by atoms with Gasteiger partial charge in [0.2, 0.25) is 11.8 Å². The van der Waals surface area contributed by atoms with E-state index in [9.17, 15) is 0 Å². The molecule has 0 spiro atoms. The fourth-order valence-electron chi connectivity index (χ4n) is 2.25. The summed E-state index contributed by atoms with van der Waals surface area (Å²) >= 11 is 0. The fraction of sp³-hybridized carbons (Fsp3) is 0.312. The molecule has 6 heteroatoms. The van der Waals surface area contributed by atoms with Gasteiger partial charge in [-0.3, -0.25) is 4.90 Å². The molecule has 0 bridgehead atoms. The van der Waals surface area contributed by atoms with Crippen LogP contribution in [0.3, 0.4) is 0 Å². The van der Waals surface area contributed by atoms with Gasteiger partial charge in [0, 0.05) is 38.0 Å². The molecular weight excluding hydrogens is 278 g/mol. The van der Waals surface area contributed by atoms with Gasteiger partial charge in [-0.25, -0.2) is 4.98 Å². The average Bonchev–Trinajstić information content (AvgIpc) is 3.15. The van der Waals surface area contributed by atoms with Crippen LogP contribution in [0.4, 0.5) is 0 Å². The predicted octanol–water partition coefficient (Wildman–Crippen LogP) is 2.14. The maximum Gasteiger partial charge on any atom is 0.247 e. The molecule has 0 aliphatic heterocycles. The first-order chi connectivity index (χ1) is 10.7. The van der Waals surface area contributed by atoms with E-state index in [0.29, 0.717) is 18.3 Å². The maximum atomic E-state index is 5.72. The Morgan fingerprint density at radius 1 is 1.18 bits per heavy atom. The number of aryl methyl sites for hydroxylation is 1. The monoisotopic (exact) mass is 297 g/mol. The molecule has 0 saturated heterocycles. The van der Waals surface area contributed by atoms with Crippen LogP contribution < -0.4 is 0 Å². The molecule has 3 aromatic rings. The lowest BCUT2D eigenvalue weighted by Crippen LogP contribution is -2.22. The number of aromatic nitrogens is 4. The van der Waals surface area contributed by atoms with Gasteiger partial charge < -0.3 is 8.98 Å². The van der Waals surface area contributed by atoms with Crippen molar-refractivity contribution in [2.24, 2.45) is 7.05 Å². The Kier molecular flexibility index (Phi) is 4.29. The summed E-state index contributed by atoms with van der Waals surface area (Å²) in [5.74, 6) is 2.26. The van der Waals surface area contributed by atoms with Crippen molar-refractivity contribution >= 4 is 0 Å². The van der Waals surface area contributed by atoms with E-state index in [4.69, 9.17) is 4.42 Å². The lowest BCUT2D eigenvalue weighted by molar-refractivity contribution is 0.290. The molecule has 0 saturated carbocycles. The maximum absolute atomic E-state index is 5.72. The van der Waals surface area contributed by atoms with Crippen LogP contribution in [-0.4, -0.2) is 38.2 Å². The van der Waals surface area contributed by atoms with Crippen LogP contribution in [0.2, 0.25) is 0 Å². The highest BCUT2D eigenvalue weighted by Crippen LogP contribution is 2.17. The molecule has 0 unspecified atom stereocenters. The molecule has 0 fully saturated rings. The van der Waals surface area contributed by atoms with E-state index in [-0.39, 0.29) is 0 Å². The first-order valence-electron chi connectivity index (χ1n) is 7.25. The van der Waals surface area contributed by atoms with Crippen molar-refractivity contribution < 1.29 is 4.42 Å². The minimum Gasteiger partial charge on any atom is -0.419 e. The van der Waals surface area contributed by atoms with Crippen LogP contribution in [0, 0.1) is 0 Å². The third-order valence-electron chi connectivity index (χ3n) is 3.53. The topological polar surface area (TPSA) is 60.0 Å². The predicted molar refractivity (Wildman–Crippen MR) is 83.0 cm³/mol. The van der Waals surface area contributed by atoms with Gasteiger partial charge in [0.15, 0.2) is 0 Å². The zero-order valence-corrected chi connectivity index (χ0v) is 12.8. The lowest BCUT2D eigenvalue weighted by Gasteiger charge is -2.13. The normalized spacial score (nSPS) is 11.2. The van der Waals surface area contributed by atoms with E-state index < -0.39 is 0 Å². The highest BCUT2D eigenvalue weighted by molar-refractivity contribution is 5.51. The lowest BCUT2D eigenvalue weighted by atomic mass is 10.2. The quantitative estimate of drug-likeness (QED) is 0.697. The Balaban J connectivity index is 1.57. The molecule has 0 aliphatic carbocycles. The van der Waals surface area contributed by atoms with Crippen molar-refractivity contribution in [2.45, 2.75) is 13.0 Å². The minimum absolute atomic E-state index is 0.563. The third kappa shape index (κ3) is 3.40. The second kappa shape index (κ2) is 6.53. The Morgan fingerprint density at radius 3 is 2.73 bits per heavy atom. The summed E-state index contributed by atoms with van der Waals surface area (Å²) in [7, 11) is 4.04. The molecule has 22 heavy (non-hydrogen) atoms. The van der Waals surface area contributed by atoms with E-state index in [2.05, 4.69) is 20.1 Å². The third-order valence-corrected chi connectivity index (χ3v) is 3.53. The average molecular weight is 297 g/mol. The number of hydrogen-bond donors (Lipinski definition) is 0. The summed E-state index contributed by atoms with van der Waals surface area (Å²) in [6, 6.07) is 9.80. The van der Waals surface area contributed by atoms with Crippen LogP contribution in [0.15, 0.2) is 47.1 Å². The fourth-order valence-corrected chi connectivity index (χ4v) is 2.25. The summed E-state index contributed by atoms with van der Waals surface area (Å²) in [5, 5.41) is 8.22. The number of rotatable bonds is 6. The number of hydrogen-bond acceptors (Lipinski definition) is 5. The Labute approximate surface area is 129 Å². The van der Waals surface area contributed by atoms with Crippen molar-refractivity contribution in [2.75, 3.05) is 13.6 Å². The number of likely N-dealkylation sites (N-methyl/N-ethyl adjacent to an activating group) is 1. The van der Waals surface area contributed by atoms with Crippen molar-refractivity contribution in [1.29, 1.82) is 0 Å². The largest absolute Gasteiger partial charge is 0.419 e. The van der Waals surface area contributed by atoms with E-state index in [1.165, 1.54) is 0 Å². The van der Waals surface area contributed by atoms with Gasteiger partial charge in [0.1, 0.15) is 5.82 Å².